The van der Waals surface area contributed by atoms with Crippen LogP contribution in [0, 0.1) is 5.92 Å². The molecule has 1 aliphatic heterocycles. The van der Waals surface area contributed by atoms with Gasteiger partial charge in [-0.1, -0.05) is 54.1 Å². The van der Waals surface area contributed by atoms with Crippen LogP contribution in [-0.2, 0) is 11.3 Å². The molecule has 5 heteroatoms. The maximum absolute atomic E-state index is 12.2. The Morgan fingerprint density at radius 1 is 1.12 bits per heavy atom. The third-order valence-electron chi connectivity index (χ3n) is 4.77. The van der Waals surface area contributed by atoms with Crippen LogP contribution in [0.4, 0.5) is 4.79 Å². The van der Waals surface area contributed by atoms with E-state index in [4.69, 9.17) is 22.1 Å². The molecule has 1 aliphatic rings. The van der Waals surface area contributed by atoms with Gasteiger partial charge in [-0.2, -0.15) is 0 Å². The van der Waals surface area contributed by atoms with E-state index in [1.807, 2.05) is 54.6 Å². The summed E-state index contributed by atoms with van der Waals surface area (Å²) < 4.78 is 5.40. The molecule has 0 aliphatic carbocycles. The minimum Gasteiger partial charge on any atom is -0.445 e. The number of benzene rings is 2. The lowest BCUT2D eigenvalue weighted by Gasteiger charge is -2.34. The van der Waals surface area contributed by atoms with Gasteiger partial charge in [0.25, 0.3) is 0 Å². The second kappa shape index (κ2) is 8.37. The van der Waals surface area contributed by atoms with Crippen molar-refractivity contribution in [2.75, 3.05) is 13.1 Å². The third kappa shape index (κ3) is 4.74. The molecule has 2 aromatic rings. The summed E-state index contributed by atoms with van der Waals surface area (Å²) in [5.74, 6) is 0.361. The van der Waals surface area contributed by atoms with Crippen molar-refractivity contribution in [1.29, 1.82) is 0 Å². The lowest BCUT2D eigenvalue weighted by atomic mass is 9.86. The highest BCUT2D eigenvalue weighted by molar-refractivity contribution is 6.30. The van der Waals surface area contributed by atoms with E-state index in [-0.39, 0.29) is 12.1 Å². The molecule has 0 radical (unpaired) electrons. The molecule has 1 heterocycles. The van der Waals surface area contributed by atoms with Crippen molar-refractivity contribution in [3.8, 4) is 0 Å². The number of hydrogen-bond acceptors (Lipinski definition) is 3. The first-order valence-electron chi connectivity index (χ1n) is 8.60. The number of ether oxygens (including phenoxy) is 1. The predicted molar refractivity (Wildman–Crippen MR) is 99.3 cm³/mol. The zero-order chi connectivity index (χ0) is 17.6. The van der Waals surface area contributed by atoms with Crippen LogP contribution in [0.3, 0.4) is 0 Å². The minimum absolute atomic E-state index is 0.0280. The maximum Gasteiger partial charge on any atom is 0.410 e. The summed E-state index contributed by atoms with van der Waals surface area (Å²) in [6.45, 7) is 1.67. The molecule has 1 saturated heterocycles. The van der Waals surface area contributed by atoms with Gasteiger partial charge < -0.3 is 15.4 Å². The summed E-state index contributed by atoms with van der Waals surface area (Å²) in [6, 6.07) is 17.4. The first-order valence-corrected chi connectivity index (χ1v) is 8.98. The molecule has 1 atom stereocenters. The highest BCUT2D eigenvalue weighted by Gasteiger charge is 2.28. The second-order valence-corrected chi connectivity index (χ2v) is 6.88. The fraction of sp³-hybridized carbons (Fsp3) is 0.350. The van der Waals surface area contributed by atoms with Crippen molar-refractivity contribution in [2.45, 2.75) is 25.5 Å². The standard InChI is InChI=1S/C20H23ClN2O2/c21-18-8-6-16(7-9-18)19(22)17-10-12-23(13-11-17)20(24)25-14-15-4-2-1-3-5-15/h1-9,17,19H,10-14,22H2. The number of nitrogens with two attached hydrogens (primary N) is 1. The van der Waals surface area contributed by atoms with Crippen LogP contribution in [0.2, 0.25) is 5.02 Å². The van der Waals surface area contributed by atoms with Crippen LogP contribution in [0.15, 0.2) is 54.6 Å². The van der Waals surface area contributed by atoms with Gasteiger partial charge in [-0.3, -0.25) is 0 Å². The van der Waals surface area contributed by atoms with Gasteiger partial charge in [-0.05, 0) is 42.0 Å². The largest absolute Gasteiger partial charge is 0.445 e. The number of rotatable bonds is 4. The Morgan fingerprint density at radius 2 is 1.76 bits per heavy atom. The monoisotopic (exact) mass is 358 g/mol. The highest BCUT2D eigenvalue weighted by Crippen LogP contribution is 2.29. The highest BCUT2D eigenvalue weighted by atomic mass is 35.5. The van der Waals surface area contributed by atoms with Crippen molar-refractivity contribution in [1.82, 2.24) is 4.90 Å². The van der Waals surface area contributed by atoms with Crippen molar-refractivity contribution >= 4 is 17.7 Å². The molecule has 2 aromatic carbocycles. The summed E-state index contributed by atoms with van der Waals surface area (Å²) >= 11 is 5.93. The Bertz CT molecular complexity index is 683. The van der Waals surface area contributed by atoms with Gasteiger partial charge >= 0.3 is 6.09 Å². The normalized spacial score (nSPS) is 16.5. The van der Waals surface area contributed by atoms with E-state index in [1.54, 1.807) is 4.90 Å². The van der Waals surface area contributed by atoms with E-state index >= 15 is 0 Å². The first-order chi connectivity index (χ1) is 12.1. The Labute approximate surface area is 153 Å². The molecule has 0 spiro atoms. The lowest BCUT2D eigenvalue weighted by molar-refractivity contribution is 0.0798. The topological polar surface area (TPSA) is 55.6 Å². The lowest BCUT2D eigenvalue weighted by Crippen LogP contribution is -2.41. The van der Waals surface area contributed by atoms with Gasteiger partial charge in [0.2, 0.25) is 0 Å². The van der Waals surface area contributed by atoms with Crippen molar-refractivity contribution in [3.63, 3.8) is 0 Å². The molecular formula is C20H23ClN2O2. The number of carbonyl (C=O) groups is 1. The summed E-state index contributed by atoms with van der Waals surface area (Å²) in [5.41, 5.74) is 8.49. The van der Waals surface area contributed by atoms with Crippen molar-refractivity contribution in [3.05, 3.63) is 70.7 Å². The molecule has 3 rings (SSSR count). The molecule has 0 bridgehead atoms. The van der Waals surface area contributed by atoms with Crippen molar-refractivity contribution < 1.29 is 9.53 Å². The molecule has 0 saturated carbocycles. The molecular weight excluding hydrogens is 336 g/mol. The quantitative estimate of drug-likeness (QED) is 0.881. The number of hydrogen-bond donors (Lipinski definition) is 1. The SMILES string of the molecule is NC(c1ccc(Cl)cc1)C1CCN(C(=O)OCc2ccccc2)CC1. The zero-order valence-electron chi connectivity index (χ0n) is 14.1. The molecule has 0 aromatic heterocycles. The molecule has 1 unspecified atom stereocenters. The van der Waals surface area contributed by atoms with Crippen LogP contribution in [0.1, 0.15) is 30.0 Å². The summed E-state index contributed by atoms with van der Waals surface area (Å²) in [4.78, 5) is 14.0. The summed E-state index contributed by atoms with van der Waals surface area (Å²) in [7, 11) is 0. The first kappa shape index (κ1) is 17.8. The van der Waals surface area contributed by atoms with Crippen LogP contribution in [0.5, 0.6) is 0 Å². The number of likely N-dealkylation sites (tertiary alicyclic amines) is 1. The van der Waals surface area contributed by atoms with Crippen molar-refractivity contribution in [2.24, 2.45) is 11.7 Å². The Kier molecular flexibility index (Phi) is 5.95. The maximum atomic E-state index is 12.2. The van der Waals surface area contributed by atoms with Crippen LogP contribution < -0.4 is 5.73 Å². The average Bonchev–Trinajstić information content (AvgIpc) is 2.67. The summed E-state index contributed by atoms with van der Waals surface area (Å²) in [6.07, 6.45) is 1.51. The predicted octanol–water partition coefficient (Wildman–Crippen LogP) is 4.39. The van der Waals surface area contributed by atoms with Crippen LogP contribution >= 0.6 is 11.6 Å². The number of amides is 1. The molecule has 1 fully saturated rings. The van der Waals surface area contributed by atoms with E-state index in [0.717, 1.165) is 24.0 Å². The zero-order valence-corrected chi connectivity index (χ0v) is 14.9. The third-order valence-corrected chi connectivity index (χ3v) is 5.02. The minimum atomic E-state index is -0.248. The molecule has 4 nitrogen and oxygen atoms in total. The van der Waals surface area contributed by atoms with Gasteiger partial charge in [0.05, 0.1) is 0 Å². The molecule has 25 heavy (non-hydrogen) atoms. The molecule has 2 N–H and O–H groups in total. The van der Waals surface area contributed by atoms with E-state index < -0.39 is 0 Å². The molecule has 1 amide bonds. The van der Waals surface area contributed by atoms with Crippen LogP contribution in [-0.4, -0.2) is 24.1 Å². The number of nitrogens with zero attached hydrogens (tertiary/aromatic N) is 1. The van der Waals surface area contributed by atoms with Gasteiger partial charge in [-0.25, -0.2) is 4.79 Å². The second-order valence-electron chi connectivity index (χ2n) is 6.44. The number of halogens is 1. The van der Waals surface area contributed by atoms with Crippen LogP contribution in [0.25, 0.3) is 0 Å². The average molecular weight is 359 g/mol. The van der Waals surface area contributed by atoms with E-state index in [2.05, 4.69) is 0 Å². The summed E-state index contributed by atoms with van der Waals surface area (Å²) in [5, 5.41) is 0.715. The van der Waals surface area contributed by atoms with E-state index in [9.17, 15) is 4.79 Å². The number of piperidine rings is 1. The smallest absolute Gasteiger partial charge is 0.410 e. The Balaban J connectivity index is 1.47. The van der Waals surface area contributed by atoms with Gasteiger partial charge in [0, 0.05) is 24.2 Å². The Hall–Kier alpha value is -2.04. The van der Waals surface area contributed by atoms with Gasteiger partial charge in [0.1, 0.15) is 6.61 Å². The fourth-order valence-corrected chi connectivity index (χ4v) is 3.33. The Morgan fingerprint density at radius 3 is 2.40 bits per heavy atom. The van der Waals surface area contributed by atoms with Gasteiger partial charge in [-0.15, -0.1) is 0 Å². The molecule has 132 valence electrons. The fourth-order valence-electron chi connectivity index (χ4n) is 3.21. The number of carbonyl (C=O) groups excluding carboxylic acids is 1. The van der Waals surface area contributed by atoms with E-state index in [1.165, 1.54) is 0 Å². The van der Waals surface area contributed by atoms with Gasteiger partial charge in [0.15, 0.2) is 0 Å². The van der Waals surface area contributed by atoms with E-state index in [0.29, 0.717) is 30.6 Å².